The first-order valence-electron chi connectivity index (χ1n) is 10.3. The number of nitriles is 1. The molecule has 3 nitrogen and oxygen atoms in total. The van der Waals surface area contributed by atoms with Crippen LogP contribution in [0.15, 0.2) is 23.8 Å². The number of fused-ring (bicyclic) bond motifs is 5. The number of allylic oxidation sites excluding steroid dienone is 4. The van der Waals surface area contributed by atoms with Crippen molar-refractivity contribution in [1.82, 2.24) is 0 Å². The Labute approximate surface area is 166 Å². The van der Waals surface area contributed by atoms with Crippen molar-refractivity contribution in [2.45, 2.75) is 52.9 Å². The average molecular weight is 384 g/mol. The van der Waals surface area contributed by atoms with Gasteiger partial charge in [0.05, 0.1) is 11.8 Å². The van der Waals surface area contributed by atoms with Gasteiger partial charge < -0.3 is 0 Å². The molecule has 0 amide bonds. The highest BCUT2D eigenvalue weighted by atomic mass is 32.2. The molecule has 0 aromatic heterocycles. The van der Waals surface area contributed by atoms with Crippen LogP contribution in [0.4, 0.5) is 0 Å². The van der Waals surface area contributed by atoms with Crippen LogP contribution < -0.4 is 0 Å². The van der Waals surface area contributed by atoms with E-state index in [1.165, 1.54) is 17.3 Å². The summed E-state index contributed by atoms with van der Waals surface area (Å²) < 4.78 is 0. The number of carbonyl (C=O) groups excluding carboxylic acids is 2. The zero-order valence-electron chi connectivity index (χ0n) is 16.5. The van der Waals surface area contributed by atoms with E-state index in [9.17, 15) is 9.59 Å². The van der Waals surface area contributed by atoms with E-state index in [1.54, 1.807) is 6.08 Å². The van der Waals surface area contributed by atoms with Crippen LogP contribution in [0.1, 0.15) is 52.9 Å². The lowest BCUT2D eigenvalue weighted by molar-refractivity contribution is -0.122. The topological polar surface area (TPSA) is 57.9 Å². The molecule has 0 radical (unpaired) electrons. The molecule has 0 saturated heterocycles. The maximum Gasteiger partial charge on any atom is 0.193 e. The smallest absolute Gasteiger partial charge is 0.193 e. The third-order valence-corrected chi connectivity index (χ3v) is 9.24. The fourth-order valence-electron chi connectivity index (χ4n) is 7.26. The maximum atomic E-state index is 12.9. The Hall–Kier alpha value is -1.34. The van der Waals surface area contributed by atoms with Crippen molar-refractivity contribution in [1.29, 1.82) is 5.26 Å². The molecule has 4 aliphatic rings. The Balaban J connectivity index is 1.63. The van der Waals surface area contributed by atoms with E-state index in [4.69, 9.17) is 5.26 Å². The second-order valence-corrected chi connectivity index (χ2v) is 10.6. The third kappa shape index (κ3) is 2.77. The summed E-state index contributed by atoms with van der Waals surface area (Å²) >= 11 is 1.22. The minimum absolute atomic E-state index is 0.0129. The number of nitrogens with zero attached hydrogens (tertiary/aromatic N) is 1. The Morgan fingerprint density at radius 1 is 1.33 bits per heavy atom. The molecule has 3 saturated carbocycles. The first-order valence-corrected chi connectivity index (χ1v) is 11.3. The Morgan fingerprint density at radius 3 is 2.85 bits per heavy atom. The van der Waals surface area contributed by atoms with Gasteiger partial charge in [0.2, 0.25) is 0 Å². The largest absolute Gasteiger partial charge is 0.290 e. The van der Waals surface area contributed by atoms with Crippen molar-refractivity contribution in [3.05, 3.63) is 23.8 Å². The molecule has 0 aliphatic heterocycles. The highest BCUT2D eigenvalue weighted by molar-refractivity contribution is 8.13. The van der Waals surface area contributed by atoms with Gasteiger partial charge in [-0.3, -0.25) is 9.59 Å². The van der Waals surface area contributed by atoms with Crippen LogP contribution in [0.5, 0.6) is 0 Å². The van der Waals surface area contributed by atoms with E-state index >= 15 is 0 Å². The summed E-state index contributed by atoms with van der Waals surface area (Å²) in [6, 6.07) is 2.11. The number of rotatable bonds is 2. The zero-order chi connectivity index (χ0) is 19.4. The summed E-state index contributed by atoms with van der Waals surface area (Å²) in [5.74, 6) is 2.65. The fraction of sp³-hybridized carbons (Fsp3) is 0.696. The molecule has 7 atom stereocenters. The lowest BCUT2D eigenvalue weighted by Gasteiger charge is -2.56. The summed E-state index contributed by atoms with van der Waals surface area (Å²) in [5.41, 5.74) is 1.40. The van der Waals surface area contributed by atoms with Gasteiger partial charge in [-0.2, -0.15) is 5.26 Å². The Morgan fingerprint density at radius 2 is 2.11 bits per heavy atom. The van der Waals surface area contributed by atoms with Gasteiger partial charge in [-0.1, -0.05) is 44.2 Å². The van der Waals surface area contributed by atoms with Crippen molar-refractivity contribution in [2.24, 2.45) is 40.4 Å². The molecule has 0 unspecified atom stereocenters. The van der Waals surface area contributed by atoms with Crippen LogP contribution in [0.2, 0.25) is 0 Å². The van der Waals surface area contributed by atoms with Gasteiger partial charge in [-0.25, -0.2) is 0 Å². The molecule has 0 spiro atoms. The standard InChI is InChI=1S/C23H29NO2S/c1-14-12-19-17-5-4-15-13-16(25)6-8-22(15,2)18(17)7-9-23(19,3)20(14)21(26)27-11-10-24/h6,8,13-14,17-20H,4-5,7,9,11-12H2,1-3H3/t14-,17-,18+,19+,20-,22+,23+/m1/s1. The molecule has 4 aliphatic carbocycles. The van der Waals surface area contributed by atoms with E-state index in [1.807, 2.05) is 6.08 Å². The number of carbonyl (C=O) groups is 2. The second-order valence-electron chi connectivity index (χ2n) is 9.60. The van der Waals surface area contributed by atoms with Gasteiger partial charge in [0.1, 0.15) is 0 Å². The van der Waals surface area contributed by atoms with Crippen molar-refractivity contribution in [3.8, 4) is 6.07 Å². The molecule has 4 rings (SSSR count). The number of hydrogen-bond donors (Lipinski definition) is 0. The quantitative estimate of drug-likeness (QED) is 0.678. The Kier molecular flexibility index (Phi) is 4.66. The summed E-state index contributed by atoms with van der Waals surface area (Å²) in [5, 5.41) is 9.11. The van der Waals surface area contributed by atoms with Crippen LogP contribution >= 0.6 is 11.8 Å². The van der Waals surface area contributed by atoms with Crippen molar-refractivity contribution in [3.63, 3.8) is 0 Å². The van der Waals surface area contributed by atoms with E-state index in [0.29, 0.717) is 23.7 Å². The highest BCUT2D eigenvalue weighted by Crippen LogP contribution is 2.67. The van der Waals surface area contributed by atoms with Gasteiger partial charge in [0.25, 0.3) is 0 Å². The van der Waals surface area contributed by atoms with Crippen molar-refractivity contribution >= 4 is 22.7 Å². The molecular weight excluding hydrogens is 354 g/mol. The predicted molar refractivity (Wildman–Crippen MR) is 108 cm³/mol. The minimum Gasteiger partial charge on any atom is -0.290 e. The lowest BCUT2D eigenvalue weighted by atomic mass is 9.48. The van der Waals surface area contributed by atoms with Crippen molar-refractivity contribution < 1.29 is 9.59 Å². The molecular formula is C23H29NO2S. The van der Waals surface area contributed by atoms with Crippen LogP contribution in [0.3, 0.4) is 0 Å². The number of hydrogen-bond acceptors (Lipinski definition) is 4. The molecule has 3 fully saturated rings. The van der Waals surface area contributed by atoms with Crippen LogP contribution in [-0.4, -0.2) is 16.7 Å². The summed E-state index contributed by atoms with van der Waals surface area (Å²) in [6.07, 6.45) is 11.3. The van der Waals surface area contributed by atoms with E-state index in [-0.39, 0.29) is 33.4 Å². The average Bonchev–Trinajstić information content (AvgIpc) is 2.90. The van der Waals surface area contributed by atoms with Crippen molar-refractivity contribution in [2.75, 3.05) is 5.75 Å². The lowest BCUT2D eigenvalue weighted by Crippen LogP contribution is -2.50. The number of ketones is 1. The van der Waals surface area contributed by atoms with Crippen LogP contribution in [0.25, 0.3) is 0 Å². The Bertz CT molecular complexity index is 778. The maximum absolute atomic E-state index is 12.9. The van der Waals surface area contributed by atoms with Gasteiger partial charge in [0.15, 0.2) is 10.9 Å². The summed E-state index contributed by atoms with van der Waals surface area (Å²) in [4.78, 5) is 24.8. The predicted octanol–water partition coefficient (Wildman–Crippen LogP) is 4.94. The zero-order valence-corrected chi connectivity index (χ0v) is 17.3. The highest BCUT2D eigenvalue weighted by Gasteiger charge is 2.61. The summed E-state index contributed by atoms with van der Waals surface area (Å²) in [6.45, 7) is 6.91. The molecule has 0 heterocycles. The van der Waals surface area contributed by atoms with Gasteiger partial charge in [0, 0.05) is 11.3 Å². The second kappa shape index (κ2) is 6.62. The molecule has 144 valence electrons. The SMILES string of the molecule is C[C@@H]1C[C@H]2[C@@H]3CCC4=CC(=O)C=C[C@]4(C)[C@H]3CC[C@]2(C)[C@H]1C(=O)SCC#N. The van der Waals surface area contributed by atoms with E-state index in [2.05, 4.69) is 32.9 Å². The fourth-order valence-corrected chi connectivity index (χ4v) is 8.14. The minimum atomic E-state index is 0.0129. The first kappa shape index (κ1) is 19.0. The van der Waals surface area contributed by atoms with Crippen LogP contribution in [0, 0.1) is 51.8 Å². The summed E-state index contributed by atoms with van der Waals surface area (Å²) in [7, 11) is 0. The first-order chi connectivity index (χ1) is 12.8. The molecule has 0 aromatic rings. The third-order valence-electron chi connectivity index (χ3n) is 8.43. The van der Waals surface area contributed by atoms with Crippen LogP contribution in [-0.2, 0) is 9.59 Å². The molecule has 0 aromatic carbocycles. The molecule has 27 heavy (non-hydrogen) atoms. The normalized spacial score (nSPS) is 45.3. The van der Waals surface area contributed by atoms with E-state index in [0.717, 1.165) is 32.1 Å². The van der Waals surface area contributed by atoms with E-state index < -0.39 is 0 Å². The number of thioether (sulfide) groups is 1. The van der Waals surface area contributed by atoms with Gasteiger partial charge in [-0.05, 0) is 73.3 Å². The molecule has 0 bridgehead atoms. The van der Waals surface area contributed by atoms with Gasteiger partial charge >= 0.3 is 0 Å². The van der Waals surface area contributed by atoms with Gasteiger partial charge in [-0.15, -0.1) is 0 Å². The molecule has 0 N–H and O–H groups in total. The monoisotopic (exact) mass is 383 g/mol. The molecule has 4 heteroatoms.